The number of hydrogen-bond donors (Lipinski definition) is 0. The highest BCUT2D eigenvalue weighted by Gasteiger charge is 2.15. The Morgan fingerprint density at radius 3 is 2.72 bits per heavy atom. The van der Waals surface area contributed by atoms with Crippen molar-refractivity contribution in [2.45, 2.75) is 23.9 Å². The van der Waals surface area contributed by atoms with E-state index in [1.807, 2.05) is 18.2 Å². The SMILES string of the molecule is COCCn1c(S[C@H](C)c2ccccc2)nc2cc(Cl)ccc2c1=O. The molecule has 25 heavy (non-hydrogen) atoms. The Labute approximate surface area is 155 Å². The van der Waals surface area contributed by atoms with Crippen LogP contribution in [0.5, 0.6) is 0 Å². The highest BCUT2D eigenvalue weighted by atomic mass is 35.5. The van der Waals surface area contributed by atoms with Crippen molar-refractivity contribution in [1.29, 1.82) is 0 Å². The Balaban J connectivity index is 2.06. The minimum absolute atomic E-state index is 0.0681. The molecular weight excluding hydrogens is 356 g/mol. The van der Waals surface area contributed by atoms with Crippen molar-refractivity contribution in [3.05, 3.63) is 69.5 Å². The van der Waals surface area contributed by atoms with Crippen molar-refractivity contribution in [3.8, 4) is 0 Å². The van der Waals surface area contributed by atoms with Gasteiger partial charge >= 0.3 is 0 Å². The Hall–Kier alpha value is -1.82. The molecule has 1 aromatic heterocycles. The van der Waals surface area contributed by atoms with Crippen LogP contribution in [-0.2, 0) is 11.3 Å². The lowest BCUT2D eigenvalue weighted by molar-refractivity contribution is 0.183. The van der Waals surface area contributed by atoms with Gasteiger partial charge < -0.3 is 4.74 Å². The lowest BCUT2D eigenvalue weighted by Crippen LogP contribution is -2.25. The standard InChI is InChI=1S/C19H19ClN2O2S/c1-13(14-6-4-3-5-7-14)25-19-21-17-12-15(20)8-9-16(17)18(23)22(19)10-11-24-2/h3-9,12-13H,10-11H2,1-2H3/t13-/m1/s1. The lowest BCUT2D eigenvalue weighted by atomic mass is 10.2. The zero-order valence-electron chi connectivity index (χ0n) is 14.1. The molecule has 0 aliphatic carbocycles. The van der Waals surface area contributed by atoms with Gasteiger partial charge in [-0.3, -0.25) is 9.36 Å². The predicted octanol–water partition coefficient (Wildman–Crippen LogP) is 4.55. The number of benzene rings is 2. The number of nitrogens with zero attached hydrogens (tertiary/aromatic N) is 2. The monoisotopic (exact) mass is 374 g/mol. The van der Waals surface area contributed by atoms with E-state index in [9.17, 15) is 4.79 Å². The van der Waals surface area contributed by atoms with E-state index in [2.05, 4.69) is 19.1 Å². The Bertz CT molecular complexity index is 928. The van der Waals surface area contributed by atoms with Crippen LogP contribution in [-0.4, -0.2) is 23.3 Å². The Morgan fingerprint density at radius 1 is 1.24 bits per heavy atom. The largest absolute Gasteiger partial charge is 0.383 e. The van der Waals surface area contributed by atoms with Crippen LogP contribution < -0.4 is 5.56 Å². The summed E-state index contributed by atoms with van der Waals surface area (Å²) in [6.45, 7) is 3.02. The number of ether oxygens (including phenoxy) is 1. The van der Waals surface area contributed by atoms with Crippen molar-refractivity contribution < 1.29 is 4.74 Å². The third kappa shape index (κ3) is 4.06. The number of fused-ring (bicyclic) bond motifs is 1. The van der Waals surface area contributed by atoms with Gasteiger partial charge in [0.05, 0.1) is 24.1 Å². The minimum Gasteiger partial charge on any atom is -0.383 e. The van der Waals surface area contributed by atoms with Crippen molar-refractivity contribution in [2.75, 3.05) is 13.7 Å². The predicted molar refractivity (Wildman–Crippen MR) is 104 cm³/mol. The van der Waals surface area contributed by atoms with Crippen LogP contribution in [0.3, 0.4) is 0 Å². The molecule has 0 fully saturated rings. The highest BCUT2D eigenvalue weighted by Crippen LogP contribution is 2.33. The summed E-state index contributed by atoms with van der Waals surface area (Å²) in [6, 6.07) is 15.3. The molecule has 4 nitrogen and oxygen atoms in total. The maximum Gasteiger partial charge on any atom is 0.262 e. The van der Waals surface area contributed by atoms with Gasteiger partial charge in [-0.25, -0.2) is 4.98 Å². The normalized spacial score (nSPS) is 12.4. The lowest BCUT2D eigenvalue weighted by Gasteiger charge is -2.16. The summed E-state index contributed by atoms with van der Waals surface area (Å²) in [4.78, 5) is 17.6. The summed E-state index contributed by atoms with van der Waals surface area (Å²) in [5.41, 5.74) is 1.74. The number of thioether (sulfide) groups is 1. The molecule has 0 aliphatic rings. The topological polar surface area (TPSA) is 44.1 Å². The number of halogens is 1. The van der Waals surface area contributed by atoms with Crippen molar-refractivity contribution in [2.24, 2.45) is 0 Å². The van der Waals surface area contributed by atoms with E-state index in [0.29, 0.717) is 34.2 Å². The molecule has 0 bridgehead atoms. The summed E-state index contributed by atoms with van der Waals surface area (Å²) in [5.74, 6) is 0. The summed E-state index contributed by atoms with van der Waals surface area (Å²) < 4.78 is 6.84. The second-order valence-corrected chi connectivity index (χ2v) is 7.42. The highest BCUT2D eigenvalue weighted by molar-refractivity contribution is 7.99. The van der Waals surface area contributed by atoms with E-state index < -0.39 is 0 Å². The second kappa shape index (κ2) is 8.04. The van der Waals surface area contributed by atoms with Crippen LogP contribution in [0, 0.1) is 0 Å². The van der Waals surface area contributed by atoms with E-state index in [4.69, 9.17) is 21.3 Å². The van der Waals surface area contributed by atoms with Gasteiger partial charge in [0.15, 0.2) is 5.16 Å². The van der Waals surface area contributed by atoms with Gasteiger partial charge in [0.25, 0.3) is 5.56 Å². The number of hydrogen-bond acceptors (Lipinski definition) is 4. The Morgan fingerprint density at radius 2 is 2.00 bits per heavy atom. The Kier molecular flexibility index (Phi) is 5.78. The fourth-order valence-corrected chi connectivity index (χ4v) is 3.82. The van der Waals surface area contributed by atoms with Gasteiger partial charge in [0.1, 0.15) is 0 Å². The van der Waals surface area contributed by atoms with E-state index in [1.165, 1.54) is 5.56 Å². The van der Waals surface area contributed by atoms with Crippen molar-refractivity contribution in [1.82, 2.24) is 9.55 Å². The van der Waals surface area contributed by atoms with Crippen LogP contribution in [0.1, 0.15) is 17.7 Å². The average Bonchev–Trinajstić information content (AvgIpc) is 2.62. The third-order valence-electron chi connectivity index (χ3n) is 3.95. The van der Waals surface area contributed by atoms with Gasteiger partial charge in [0.2, 0.25) is 0 Å². The minimum atomic E-state index is -0.0681. The number of aromatic nitrogens is 2. The molecule has 1 atom stereocenters. The van der Waals surface area contributed by atoms with Crippen LogP contribution in [0.25, 0.3) is 10.9 Å². The first kappa shape index (κ1) is 18.0. The molecule has 0 radical (unpaired) electrons. The van der Waals surface area contributed by atoms with Gasteiger partial charge in [-0.1, -0.05) is 53.7 Å². The first-order chi connectivity index (χ1) is 12.1. The summed E-state index contributed by atoms with van der Waals surface area (Å²) in [6.07, 6.45) is 0. The molecule has 130 valence electrons. The molecule has 3 aromatic rings. The summed E-state index contributed by atoms with van der Waals surface area (Å²) in [7, 11) is 1.62. The van der Waals surface area contributed by atoms with E-state index >= 15 is 0 Å². The molecule has 0 aliphatic heterocycles. The maximum atomic E-state index is 12.9. The number of rotatable bonds is 6. The van der Waals surface area contributed by atoms with E-state index in [1.54, 1.807) is 41.6 Å². The van der Waals surface area contributed by atoms with E-state index in [0.717, 1.165) is 0 Å². The van der Waals surface area contributed by atoms with Gasteiger partial charge in [0, 0.05) is 17.4 Å². The van der Waals surface area contributed by atoms with Crippen LogP contribution >= 0.6 is 23.4 Å². The van der Waals surface area contributed by atoms with Gasteiger partial charge in [-0.15, -0.1) is 0 Å². The van der Waals surface area contributed by atoms with Gasteiger partial charge in [-0.2, -0.15) is 0 Å². The molecule has 0 saturated heterocycles. The first-order valence-electron chi connectivity index (χ1n) is 8.01. The maximum absolute atomic E-state index is 12.9. The van der Waals surface area contributed by atoms with Crippen LogP contribution in [0.4, 0.5) is 0 Å². The molecular formula is C19H19ClN2O2S. The van der Waals surface area contributed by atoms with Gasteiger partial charge in [-0.05, 0) is 30.7 Å². The zero-order valence-corrected chi connectivity index (χ0v) is 15.7. The molecule has 0 spiro atoms. The molecule has 0 unspecified atom stereocenters. The van der Waals surface area contributed by atoms with E-state index in [-0.39, 0.29) is 10.8 Å². The second-order valence-electron chi connectivity index (χ2n) is 5.68. The molecule has 0 amide bonds. The fourth-order valence-electron chi connectivity index (χ4n) is 2.59. The molecule has 0 saturated carbocycles. The van der Waals surface area contributed by atoms with Crippen LogP contribution in [0.2, 0.25) is 5.02 Å². The van der Waals surface area contributed by atoms with Crippen molar-refractivity contribution in [3.63, 3.8) is 0 Å². The van der Waals surface area contributed by atoms with Crippen molar-refractivity contribution >= 4 is 34.3 Å². The average molecular weight is 375 g/mol. The molecule has 0 N–H and O–H groups in total. The first-order valence-corrected chi connectivity index (χ1v) is 9.26. The molecule has 1 heterocycles. The fraction of sp³-hybridized carbons (Fsp3) is 0.263. The summed E-state index contributed by atoms with van der Waals surface area (Å²) in [5, 5.41) is 1.98. The summed E-state index contributed by atoms with van der Waals surface area (Å²) >= 11 is 7.63. The molecule has 6 heteroatoms. The smallest absolute Gasteiger partial charge is 0.262 e. The quantitative estimate of drug-likeness (QED) is 0.469. The molecule has 2 aromatic carbocycles. The molecule has 3 rings (SSSR count). The third-order valence-corrected chi connectivity index (χ3v) is 5.34. The van der Waals surface area contributed by atoms with Crippen LogP contribution in [0.15, 0.2) is 58.5 Å². The zero-order chi connectivity index (χ0) is 17.8. The number of methoxy groups -OCH3 is 1.